The largest absolute Gasteiger partial charge is 0.477 e. The van der Waals surface area contributed by atoms with Crippen molar-refractivity contribution in [3.8, 4) is 0 Å². The summed E-state index contributed by atoms with van der Waals surface area (Å²) in [7, 11) is 1.59. The van der Waals surface area contributed by atoms with Crippen molar-refractivity contribution in [3.63, 3.8) is 0 Å². The number of carbonyl (C=O) groups is 1. The number of hydrogen-bond donors (Lipinski definition) is 1. The number of rotatable bonds is 3. The Morgan fingerprint density at radius 3 is 3.00 bits per heavy atom. The first kappa shape index (κ1) is 20.1. The number of aromatic carboxylic acids is 1. The third kappa shape index (κ3) is 3.13. The first-order chi connectivity index (χ1) is 15.0. The van der Waals surface area contributed by atoms with Crippen LogP contribution in [0.4, 0.5) is 10.1 Å². The summed E-state index contributed by atoms with van der Waals surface area (Å²) in [6, 6.07) is 1.34. The van der Waals surface area contributed by atoms with Gasteiger partial charge in [-0.15, -0.1) is 11.3 Å². The molecule has 31 heavy (non-hydrogen) atoms. The number of fused-ring (bicyclic) bond motifs is 4. The second-order valence-electron chi connectivity index (χ2n) is 7.70. The number of aromatic nitrogens is 1. The molecule has 3 aromatic rings. The van der Waals surface area contributed by atoms with Crippen LogP contribution < -0.4 is 10.3 Å². The van der Waals surface area contributed by atoms with Crippen molar-refractivity contribution in [2.24, 2.45) is 4.99 Å². The minimum absolute atomic E-state index is 0.0316. The van der Waals surface area contributed by atoms with Gasteiger partial charge in [0.1, 0.15) is 16.2 Å². The lowest BCUT2D eigenvalue weighted by Crippen LogP contribution is -2.58. The molecule has 1 atom stereocenters. The molecule has 2 aliphatic rings. The zero-order valence-electron chi connectivity index (χ0n) is 16.9. The van der Waals surface area contributed by atoms with Crippen LogP contribution in [0.3, 0.4) is 0 Å². The van der Waals surface area contributed by atoms with Gasteiger partial charge < -0.3 is 19.1 Å². The first-order valence-electron chi connectivity index (χ1n) is 10.0. The third-order valence-corrected chi connectivity index (χ3v) is 6.91. The molecule has 0 bridgehead atoms. The molecule has 10 heteroatoms. The Hall–Kier alpha value is -2.82. The maximum absolute atomic E-state index is 15.5. The molecule has 0 amide bonds. The zero-order valence-corrected chi connectivity index (χ0v) is 17.7. The Balaban J connectivity index is 1.78. The third-order valence-electron chi connectivity index (χ3n) is 6.02. The summed E-state index contributed by atoms with van der Waals surface area (Å²) in [5, 5.41) is 11.3. The van der Waals surface area contributed by atoms with E-state index in [0.29, 0.717) is 47.9 Å². The van der Waals surface area contributed by atoms with Crippen LogP contribution in [0.5, 0.6) is 0 Å². The van der Waals surface area contributed by atoms with E-state index >= 15 is 4.39 Å². The van der Waals surface area contributed by atoms with Gasteiger partial charge in [0.25, 0.3) is 0 Å². The fraction of sp³-hybridized carbons (Fsp3) is 0.381. The molecule has 1 N–H and O–H groups in total. The van der Waals surface area contributed by atoms with Gasteiger partial charge in [0.05, 0.1) is 35.8 Å². The average molecular weight is 444 g/mol. The van der Waals surface area contributed by atoms with E-state index in [1.807, 2.05) is 4.90 Å². The number of anilines is 1. The van der Waals surface area contributed by atoms with Gasteiger partial charge >= 0.3 is 5.97 Å². The highest BCUT2D eigenvalue weighted by atomic mass is 32.1. The molecule has 0 unspecified atom stereocenters. The molecule has 2 fully saturated rings. The average Bonchev–Trinajstić information content (AvgIpc) is 3.22. The van der Waals surface area contributed by atoms with E-state index in [0.717, 1.165) is 13.1 Å². The van der Waals surface area contributed by atoms with Crippen LogP contribution in [0.15, 0.2) is 27.4 Å². The molecule has 0 aliphatic carbocycles. The molecule has 0 saturated carbocycles. The summed E-state index contributed by atoms with van der Waals surface area (Å²) in [6.07, 6.45) is 3.25. The normalized spacial score (nSPS) is 20.1. The monoisotopic (exact) mass is 444 g/mol. The zero-order chi connectivity index (χ0) is 21.7. The van der Waals surface area contributed by atoms with E-state index < -0.39 is 17.2 Å². The standard InChI is InChI=1S/C21H21FN4O4S/c1-23-9-14-17-13(19(27)16(21(28)29)20-26(17)5-7-31-20)8-15(22)18(14)25-3-2-24-4-6-30-11-12(24)10-25/h5,7-9,12H,2-4,6,10-11H2,1H3,(H,28,29)/t12-/m1/s1. The van der Waals surface area contributed by atoms with Crippen molar-refractivity contribution in [3.05, 3.63) is 44.8 Å². The Morgan fingerprint density at radius 1 is 1.39 bits per heavy atom. The number of benzene rings is 1. The van der Waals surface area contributed by atoms with Gasteiger partial charge in [-0.05, 0) is 6.07 Å². The van der Waals surface area contributed by atoms with Crippen molar-refractivity contribution in [2.75, 3.05) is 51.3 Å². The van der Waals surface area contributed by atoms with Crippen molar-refractivity contribution >= 4 is 44.9 Å². The highest BCUT2D eigenvalue weighted by molar-refractivity contribution is 7.16. The van der Waals surface area contributed by atoms with E-state index in [2.05, 4.69) is 9.89 Å². The fourth-order valence-corrected chi connectivity index (χ4v) is 5.54. The van der Waals surface area contributed by atoms with E-state index in [9.17, 15) is 14.7 Å². The number of halogens is 1. The summed E-state index contributed by atoms with van der Waals surface area (Å²) in [6.45, 7) is 4.20. The second kappa shape index (κ2) is 7.70. The number of aliphatic imine (C=N–C) groups is 1. The molecular formula is C21H21FN4O4S. The van der Waals surface area contributed by atoms with Crippen molar-refractivity contribution < 1.29 is 19.0 Å². The molecule has 2 aromatic heterocycles. The van der Waals surface area contributed by atoms with Gasteiger partial charge in [-0.1, -0.05) is 0 Å². The fourth-order valence-electron chi connectivity index (χ4n) is 4.66. The molecule has 2 aliphatic heterocycles. The molecule has 4 heterocycles. The van der Waals surface area contributed by atoms with Crippen LogP contribution in [0.25, 0.3) is 15.7 Å². The topological polar surface area (TPSA) is 86.8 Å². The molecule has 2 saturated heterocycles. The van der Waals surface area contributed by atoms with E-state index in [-0.39, 0.29) is 17.0 Å². The number of pyridine rings is 1. The van der Waals surface area contributed by atoms with Crippen molar-refractivity contribution in [2.45, 2.75) is 6.04 Å². The minimum atomic E-state index is -1.32. The van der Waals surface area contributed by atoms with Crippen LogP contribution in [-0.2, 0) is 4.74 Å². The summed E-state index contributed by atoms with van der Waals surface area (Å²) < 4.78 is 22.8. The van der Waals surface area contributed by atoms with Crippen molar-refractivity contribution in [1.29, 1.82) is 0 Å². The van der Waals surface area contributed by atoms with Crippen molar-refractivity contribution in [1.82, 2.24) is 9.30 Å². The van der Waals surface area contributed by atoms with Crippen LogP contribution in [0.1, 0.15) is 15.9 Å². The number of thiazole rings is 1. The minimum Gasteiger partial charge on any atom is -0.477 e. The van der Waals surface area contributed by atoms with Gasteiger partial charge in [-0.3, -0.25) is 14.7 Å². The van der Waals surface area contributed by atoms with E-state index in [1.165, 1.54) is 17.4 Å². The molecule has 8 nitrogen and oxygen atoms in total. The number of piperazine rings is 1. The number of carboxylic acids is 1. The summed E-state index contributed by atoms with van der Waals surface area (Å²) >= 11 is 1.17. The Labute approximate surface area is 180 Å². The number of carboxylic acid groups (broad SMARTS) is 1. The van der Waals surface area contributed by atoms with E-state index in [4.69, 9.17) is 4.74 Å². The van der Waals surface area contributed by atoms with Gasteiger partial charge in [0.2, 0.25) is 5.43 Å². The van der Waals surface area contributed by atoms with Crippen LogP contribution in [0.2, 0.25) is 0 Å². The smallest absolute Gasteiger partial charge is 0.342 e. The van der Waals surface area contributed by atoms with Gasteiger partial charge in [0, 0.05) is 56.6 Å². The quantitative estimate of drug-likeness (QED) is 0.622. The number of morpholine rings is 1. The number of nitrogens with zero attached hydrogens (tertiary/aromatic N) is 4. The lowest BCUT2D eigenvalue weighted by atomic mass is 10.0. The lowest BCUT2D eigenvalue weighted by molar-refractivity contribution is -0.0117. The lowest BCUT2D eigenvalue weighted by Gasteiger charge is -2.45. The first-order valence-corrected chi connectivity index (χ1v) is 10.9. The molecular weight excluding hydrogens is 423 g/mol. The molecule has 1 aromatic carbocycles. The molecule has 162 valence electrons. The number of hydrogen-bond acceptors (Lipinski definition) is 7. The van der Waals surface area contributed by atoms with Gasteiger partial charge in [0.15, 0.2) is 0 Å². The second-order valence-corrected chi connectivity index (χ2v) is 8.60. The predicted octanol–water partition coefficient (Wildman–Crippen LogP) is 1.92. The summed E-state index contributed by atoms with van der Waals surface area (Å²) in [5.74, 6) is -1.88. The summed E-state index contributed by atoms with van der Waals surface area (Å²) in [4.78, 5) is 33.6. The van der Waals surface area contributed by atoms with Crippen LogP contribution >= 0.6 is 11.3 Å². The van der Waals surface area contributed by atoms with Gasteiger partial charge in [-0.2, -0.15) is 0 Å². The molecule has 0 radical (unpaired) electrons. The molecule has 5 rings (SSSR count). The molecule has 0 spiro atoms. The predicted molar refractivity (Wildman–Crippen MR) is 118 cm³/mol. The Bertz CT molecular complexity index is 1280. The van der Waals surface area contributed by atoms with Crippen LogP contribution in [0, 0.1) is 5.82 Å². The van der Waals surface area contributed by atoms with Gasteiger partial charge in [-0.25, -0.2) is 9.18 Å². The number of ether oxygens (including phenoxy) is 1. The Kier molecular flexibility index (Phi) is 4.99. The maximum Gasteiger partial charge on any atom is 0.342 e. The highest BCUT2D eigenvalue weighted by Crippen LogP contribution is 2.34. The van der Waals surface area contributed by atoms with E-state index in [1.54, 1.807) is 29.2 Å². The highest BCUT2D eigenvalue weighted by Gasteiger charge is 2.33. The summed E-state index contributed by atoms with van der Waals surface area (Å²) in [5.41, 5.74) is 0.292. The SMILES string of the molecule is CN=Cc1c(N2CCN3CCOC[C@H]3C2)c(F)cc2c(=O)c(C(=O)O)c3sccn3c12. The maximum atomic E-state index is 15.5. The van der Waals surface area contributed by atoms with Crippen LogP contribution in [-0.4, -0.2) is 79.1 Å². The Morgan fingerprint density at radius 2 is 2.23 bits per heavy atom.